The van der Waals surface area contributed by atoms with E-state index in [-0.39, 0.29) is 11.1 Å². The Labute approximate surface area is 135 Å². The first-order valence-corrected chi connectivity index (χ1v) is 8.29. The van der Waals surface area contributed by atoms with E-state index in [0.29, 0.717) is 0 Å². The normalized spacial score (nSPS) is 31.3. The zero-order valence-electron chi connectivity index (χ0n) is 12.7. The van der Waals surface area contributed by atoms with Gasteiger partial charge in [-0.1, -0.05) is 66.8 Å². The molecule has 2 unspecified atom stereocenters. The van der Waals surface area contributed by atoms with E-state index in [1.807, 2.05) is 0 Å². The van der Waals surface area contributed by atoms with Gasteiger partial charge in [0.05, 0.1) is 11.2 Å². The number of benzene rings is 2. The van der Waals surface area contributed by atoms with Crippen LogP contribution < -0.4 is 4.90 Å². The summed E-state index contributed by atoms with van der Waals surface area (Å²) in [6.45, 7) is 0. The Balaban J connectivity index is 1.71. The van der Waals surface area contributed by atoms with Crippen LogP contribution in [-0.4, -0.2) is 16.9 Å². The van der Waals surface area contributed by atoms with E-state index in [1.54, 1.807) is 0 Å². The van der Waals surface area contributed by atoms with Gasteiger partial charge < -0.3 is 4.90 Å². The number of hydrogen-bond donors (Lipinski definition) is 0. The number of hydrogen-bond acceptors (Lipinski definition) is 2. The van der Waals surface area contributed by atoms with Crippen LogP contribution in [-0.2, 0) is 0 Å². The first-order valence-electron chi connectivity index (χ1n) is 8.29. The maximum atomic E-state index is 5.23. The molecule has 1 saturated carbocycles. The van der Waals surface area contributed by atoms with Crippen LogP contribution in [0.5, 0.6) is 0 Å². The largest absolute Gasteiger partial charge is 0.313 e. The molecule has 23 heavy (non-hydrogen) atoms. The van der Waals surface area contributed by atoms with Gasteiger partial charge in [-0.15, -0.1) is 0 Å². The van der Waals surface area contributed by atoms with Gasteiger partial charge in [-0.25, -0.2) is 0 Å². The minimum Gasteiger partial charge on any atom is -0.313 e. The first-order chi connectivity index (χ1) is 11.3. The number of amidine groups is 1. The Hall–Kier alpha value is -2.61. The lowest BCUT2D eigenvalue weighted by atomic mass is 9.91. The fourth-order valence-corrected chi connectivity index (χ4v) is 4.65. The molecule has 0 spiro atoms. The second-order valence-electron chi connectivity index (χ2n) is 6.90. The van der Waals surface area contributed by atoms with Crippen molar-refractivity contribution in [3.63, 3.8) is 0 Å². The van der Waals surface area contributed by atoms with Gasteiger partial charge in [-0.2, -0.15) is 0 Å². The van der Waals surface area contributed by atoms with E-state index in [0.717, 1.165) is 18.7 Å². The highest BCUT2D eigenvalue weighted by molar-refractivity contribution is 6.22. The summed E-state index contributed by atoms with van der Waals surface area (Å²) in [6, 6.07) is 17.4. The lowest BCUT2D eigenvalue weighted by molar-refractivity contribution is 0.749. The predicted octanol–water partition coefficient (Wildman–Crippen LogP) is 4.33. The van der Waals surface area contributed by atoms with Crippen molar-refractivity contribution in [2.24, 2.45) is 4.99 Å². The smallest absolute Gasteiger partial charge is 0.137 e. The van der Waals surface area contributed by atoms with E-state index < -0.39 is 0 Å². The third-order valence-corrected chi connectivity index (χ3v) is 5.74. The van der Waals surface area contributed by atoms with Crippen LogP contribution in [0.3, 0.4) is 0 Å². The summed E-state index contributed by atoms with van der Waals surface area (Å²) >= 11 is 0. The SMILES string of the molecule is C1=CC23CC2(C=CC1)N1C(=N3)c2ccccc2-c2ccccc21. The molecule has 0 saturated heterocycles. The Morgan fingerprint density at radius 2 is 1.57 bits per heavy atom. The minimum atomic E-state index is -0.0557. The summed E-state index contributed by atoms with van der Waals surface area (Å²) < 4.78 is 0. The number of aliphatic imine (C=N–C) groups is 1. The van der Waals surface area contributed by atoms with Crippen molar-refractivity contribution in [3.8, 4) is 11.1 Å². The molecule has 0 radical (unpaired) electrons. The fraction of sp³-hybridized carbons (Fsp3) is 0.190. The van der Waals surface area contributed by atoms with Gasteiger partial charge in [0.15, 0.2) is 0 Å². The molecule has 0 N–H and O–H groups in total. The van der Waals surface area contributed by atoms with Gasteiger partial charge in [-0.05, 0) is 18.1 Å². The Morgan fingerprint density at radius 1 is 0.826 bits per heavy atom. The fourth-order valence-electron chi connectivity index (χ4n) is 4.65. The summed E-state index contributed by atoms with van der Waals surface area (Å²) in [6.07, 6.45) is 11.4. The molecule has 0 aromatic heterocycles. The first kappa shape index (κ1) is 11.9. The lowest BCUT2D eigenvalue weighted by Gasteiger charge is -2.36. The van der Waals surface area contributed by atoms with Crippen LogP contribution in [0.2, 0.25) is 0 Å². The summed E-state index contributed by atoms with van der Waals surface area (Å²) in [4.78, 5) is 7.73. The van der Waals surface area contributed by atoms with E-state index >= 15 is 0 Å². The van der Waals surface area contributed by atoms with Gasteiger partial charge in [0, 0.05) is 17.5 Å². The van der Waals surface area contributed by atoms with Gasteiger partial charge in [-0.3, -0.25) is 4.99 Å². The molecular weight excluding hydrogens is 280 g/mol. The Bertz CT molecular complexity index is 952. The molecule has 2 heterocycles. The van der Waals surface area contributed by atoms with Crippen LogP contribution in [0.25, 0.3) is 11.1 Å². The summed E-state index contributed by atoms with van der Waals surface area (Å²) in [5.74, 6) is 1.14. The summed E-state index contributed by atoms with van der Waals surface area (Å²) in [5.41, 5.74) is 5.14. The van der Waals surface area contributed by atoms with Crippen LogP contribution in [0, 0.1) is 0 Å². The van der Waals surface area contributed by atoms with Crippen molar-refractivity contribution >= 4 is 11.5 Å². The maximum Gasteiger partial charge on any atom is 0.137 e. The summed E-state index contributed by atoms with van der Waals surface area (Å²) in [7, 11) is 0. The Kier molecular flexibility index (Phi) is 1.89. The van der Waals surface area contributed by atoms with E-state index in [4.69, 9.17) is 4.99 Å². The zero-order valence-corrected chi connectivity index (χ0v) is 12.7. The highest BCUT2D eigenvalue weighted by atomic mass is 15.4. The van der Waals surface area contributed by atoms with Crippen molar-refractivity contribution in [2.75, 3.05) is 4.90 Å². The van der Waals surface area contributed by atoms with Crippen molar-refractivity contribution in [1.29, 1.82) is 0 Å². The number of para-hydroxylation sites is 1. The van der Waals surface area contributed by atoms with Gasteiger partial charge in [0.2, 0.25) is 0 Å². The second kappa shape index (κ2) is 3.65. The monoisotopic (exact) mass is 296 g/mol. The average Bonchev–Trinajstić information content (AvgIpc) is 3.17. The number of anilines is 1. The van der Waals surface area contributed by atoms with Crippen LogP contribution >= 0.6 is 0 Å². The molecule has 2 aliphatic heterocycles. The third-order valence-electron chi connectivity index (χ3n) is 5.74. The number of allylic oxidation sites excluding steroid dienone is 2. The number of nitrogens with zero attached hydrogens (tertiary/aromatic N) is 2. The molecule has 2 aromatic rings. The van der Waals surface area contributed by atoms with Crippen molar-refractivity contribution in [1.82, 2.24) is 0 Å². The van der Waals surface area contributed by atoms with Crippen LogP contribution in [0.4, 0.5) is 5.69 Å². The average molecular weight is 296 g/mol. The van der Waals surface area contributed by atoms with E-state index in [1.165, 1.54) is 22.4 Å². The predicted molar refractivity (Wildman–Crippen MR) is 93.9 cm³/mol. The van der Waals surface area contributed by atoms with Gasteiger partial charge in [0.1, 0.15) is 11.4 Å². The maximum absolute atomic E-state index is 5.23. The number of fused-ring (bicyclic) bond motifs is 6. The van der Waals surface area contributed by atoms with Gasteiger partial charge in [0.25, 0.3) is 0 Å². The standard InChI is InChI=1S/C21H16N2/c1-6-12-20-14-21(20,13-7-1)23-18-11-5-4-9-16(18)15-8-2-3-10-17(15)19(23)22-20/h2-13H,1,14H2. The topological polar surface area (TPSA) is 15.6 Å². The van der Waals surface area contributed by atoms with Crippen molar-refractivity contribution < 1.29 is 0 Å². The molecule has 4 aliphatic rings. The van der Waals surface area contributed by atoms with E-state index in [9.17, 15) is 0 Å². The lowest BCUT2D eigenvalue weighted by Crippen LogP contribution is -2.42. The van der Waals surface area contributed by atoms with Crippen LogP contribution in [0.15, 0.2) is 77.8 Å². The summed E-state index contributed by atoms with van der Waals surface area (Å²) in [5, 5.41) is 0. The number of rotatable bonds is 0. The highest BCUT2D eigenvalue weighted by Crippen LogP contribution is 2.65. The Morgan fingerprint density at radius 3 is 2.48 bits per heavy atom. The minimum absolute atomic E-state index is 0.0129. The molecular formula is C21H16N2. The molecule has 2 aliphatic carbocycles. The van der Waals surface area contributed by atoms with E-state index in [2.05, 4.69) is 77.7 Å². The van der Waals surface area contributed by atoms with Crippen LogP contribution in [0.1, 0.15) is 18.4 Å². The molecule has 110 valence electrons. The third kappa shape index (κ3) is 1.22. The molecule has 2 nitrogen and oxygen atoms in total. The molecule has 2 aromatic carbocycles. The van der Waals surface area contributed by atoms with Gasteiger partial charge >= 0.3 is 0 Å². The van der Waals surface area contributed by atoms with Crippen molar-refractivity contribution in [3.05, 3.63) is 78.4 Å². The zero-order chi connectivity index (χ0) is 15.1. The second-order valence-corrected chi connectivity index (χ2v) is 6.90. The highest BCUT2D eigenvalue weighted by Gasteiger charge is 2.74. The molecule has 2 heteroatoms. The van der Waals surface area contributed by atoms with Crippen molar-refractivity contribution in [2.45, 2.75) is 23.9 Å². The molecule has 0 bridgehead atoms. The quantitative estimate of drug-likeness (QED) is 0.661. The molecule has 2 atom stereocenters. The molecule has 6 rings (SSSR count). The molecule has 1 fully saturated rings. The molecule has 0 amide bonds.